The molecule has 1 saturated heterocycles. The number of hydrogen-bond acceptors (Lipinski definition) is 9. The number of Topliss-reactive ketones (excluding diaryl/α,β-unsaturated/α-hetero) is 1. The minimum atomic E-state index is -1.22. The number of piperidine rings is 1. The minimum Gasteiger partial charge on any atom is -0.530 e. The number of amides is 2. The van der Waals surface area contributed by atoms with Gasteiger partial charge in [0.05, 0.1) is 24.9 Å². The molecule has 11 nitrogen and oxygen atoms in total. The maximum Gasteiger partial charge on any atom is 0.344 e. The fourth-order valence-electron chi connectivity index (χ4n) is 3.41. The van der Waals surface area contributed by atoms with E-state index in [-0.39, 0.29) is 51.4 Å². The number of carboxylic acid groups (broad SMARTS) is 1. The van der Waals surface area contributed by atoms with E-state index in [1.807, 2.05) is 20.8 Å². The number of hydrogen-bond donors (Lipinski definition) is 1. The van der Waals surface area contributed by atoms with Crippen LogP contribution < -0.4 is 15.2 Å². The van der Waals surface area contributed by atoms with E-state index < -0.39 is 29.6 Å². The van der Waals surface area contributed by atoms with Crippen LogP contribution in [0.4, 0.5) is 4.79 Å². The Kier molecular flexibility index (Phi) is 11.1. The van der Waals surface area contributed by atoms with Crippen molar-refractivity contribution in [2.75, 3.05) is 39.5 Å². The molecule has 0 spiro atoms. The summed E-state index contributed by atoms with van der Waals surface area (Å²) in [6.07, 6.45) is -0.554. The molecule has 0 unspecified atom stereocenters. The Morgan fingerprint density at radius 3 is 2.28 bits per heavy atom. The topological polar surface area (TPSA) is 144 Å². The summed E-state index contributed by atoms with van der Waals surface area (Å²) in [6.45, 7) is 7.50. The lowest BCUT2D eigenvalue weighted by Gasteiger charge is -2.33. The number of esters is 1. The molecule has 0 aromatic heterocycles. The standard InChI is InChI=1S/C25H36N2O9/c1-5-33-22(29)16-35-18-8-6-17(7-9-18)23(30)20(14-36-25(2,3)4)26-21(28)15-34-19-10-12-27(13-11-19)24(31)32/h6-9,19-20H,5,10-16H2,1-4H3,(H,26,28)(H,31,32)/p-1/t20-/m0/s1. The quantitative estimate of drug-likeness (QED) is 0.323. The summed E-state index contributed by atoms with van der Waals surface area (Å²) in [5, 5.41) is 13.6. The largest absolute Gasteiger partial charge is 0.530 e. The summed E-state index contributed by atoms with van der Waals surface area (Å²) in [5.41, 5.74) is -0.200. The fourth-order valence-corrected chi connectivity index (χ4v) is 3.41. The molecule has 0 bridgehead atoms. The lowest BCUT2D eigenvalue weighted by molar-refractivity contribution is -0.267. The second kappa shape index (κ2) is 13.8. The third kappa shape index (κ3) is 10.2. The molecular weight excluding hydrogens is 472 g/mol. The van der Waals surface area contributed by atoms with Crippen LogP contribution in [0.25, 0.3) is 0 Å². The SMILES string of the molecule is CCOC(=O)COc1ccc(C(=O)[C@H](COC(C)(C)C)NC(=O)COC2CCN(C(=O)[O-])CC2)cc1. The third-order valence-electron chi connectivity index (χ3n) is 5.29. The zero-order valence-corrected chi connectivity index (χ0v) is 21.2. The smallest absolute Gasteiger partial charge is 0.344 e. The molecule has 1 N–H and O–H groups in total. The van der Waals surface area contributed by atoms with E-state index >= 15 is 0 Å². The number of carbonyl (C=O) groups excluding carboxylic acids is 4. The summed E-state index contributed by atoms with van der Waals surface area (Å²) < 4.78 is 21.5. The van der Waals surface area contributed by atoms with Crippen molar-refractivity contribution in [1.82, 2.24) is 10.2 Å². The van der Waals surface area contributed by atoms with E-state index in [0.29, 0.717) is 24.2 Å². The zero-order valence-electron chi connectivity index (χ0n) is 21.2. The van der Waals surface area contributed by atoms with Gasteiger partial charge >= 0.3 is 5.97 Å². The second-order valence-corrected chi connectivity index (χ2v) is 9.29. The molecule has 2 rings (SSSR count). The molecule has 36 heavy (non-hydrogen) atoms. The first-order valence-electron chi connectivity index (χ1n) is 11.9. The highest BCUT2D eigenvalue weighted by molar-refractivity contribution is 6.02. The lowest BCUT2D eigenvalue weighted by Crippen LogP contribution is -2.48. The number of ether oxygens (including phenoxy) is 4. The predicted octanol–water partition coefficient (Wildman–Crippen LogP) is 0.935. The maximum atomic E-state index is 13.1. The van der Waals surface area contributed by atoms with Gasteiger partial charge in [0.25, 0.3) is 0 Å². The van der Waals surface area contributed by atoms with E-state index in [1.165, 1.54) is 4.90 Å². The number of rotatable bonds is 12. The van der Waals surface area contributed by atoms with Crippen LogP contribution in [0, 0.1) is 0 Å². The molecule has 1 aromatic rings. The van der Waals surface area contributed by atoms with Crippen LogP contribution >= 0.6 is 0 Å². The Morgan fingerprint density at radius 2 is 1.72 bits per heavy atom. The van der Waals surface area contributed by atoms with Crippen LogP contribution in [-0.4, -0.2) is 85.9 Å². The molecule has 0 aliphatic carbocycles. The molecule has 1 aromatic carbocycles. The van der Waals surface area contributed by atoms with Gasteiger partial charge in [-0.25, -0.2) is 4.79 Å². The first-order chi connectivity index (χ1) is 17.0. The van der Waals surface area contributed by atoms with Gasteiger partial charge in [0, 0.05) is 18.7 Å². The molecule has 1 heterocycles. The van der Waals surface area contributed by atoms with Crippen LogP contribution in [0.3, 0.4) is 0 Å². The van der Waals surface area contributed by atoms with Crippen molar-refractivity contribution in [3.8, 4) is 5.75 Å². The van der Waals surface area contributed by atoms with Gasteiger partial charge in [-0.3, -0.25) is 9.59 Å². The van der Waals surface area contributed by atoms with Gasteiger partial charge in [-0.15, -0.1) is 0 Å². The van der Waals surface area contributed by atoms with E-state index in [2.05, 4.69) is 5.32 Å². The predicted molar refractivity (Wildman–Crippen MR) is 126 cm³/mol. The van der Waals surface area contributed by atoms with Gasteiger partial charge in [-0.2, -0.15) is 0 Å². The molecule has 1 atom stereocenters. The Hall–Kier alpha value is -3.18. The summed E-state index contributed by atoms with van der Waals surface area (Å²) in [5.74, 6) is -0.940. The Bertz CT molecular complexity index is 888. The van der Waals surface area contributed by atoms with Gasteiger partial charge in [0.15, 0.2) is 12.4 Å². The van der Waals surface area contributed by atoms with E-state index in [4.69, 9.17) is 18.9 Å². The van der Waals surface area contributed by atoms with Gasteiger partial charge in [-0.05, 0) is 64.8 Å². The number of benzene rings is 1. The Balaban J connectivity index is 1.94. The number of carbonyl (C=O) groups is 4. The average molecular weight is 508 g/mol. The number of likely N-dealkylation sites (tertiary alicyclic amines) is 1. The van der Waals surface area contributed by atoms with Gasteiger partial charge in [0.2, 0.25) is 5.91 Å². The van der Waals surface area contributed by atoms with E-state index in [0.717, 1.165) is 0 Å². The van der Waals surface area contributed by atoms with Crippen LogP contribution in [0.1, 0.15) is 50.9 Å². The van der Waals surface area contributed by atoms with Crippen molar-refractivity contribution < 1.29 is 43.2 Å². The molecule has 0 saturated carbocycles. The molecule has 1 fully saturated rings. The van der Waals surface area contributed by atoms with Crippen molar-refractivity contribution in [3.05, 3.63) is 29.8 Å². The van der Waals surface area contributed by atoms with Gasteiger partial charge in [0.1, 0.15) is 24.5 Å². The van der Waals surface area contributed by atoms with Crippen molar-refractivity contribution in [3.63, 3.8) is 0 Å². The van der Waals surface area contributed by atoms with Crippen molar-refractivity contribution in [2.24, 2.45) is 0 Å². The number of nitrogens with zero attached hydrogens (tertiary/aromatic N) is 1. The Labute approximate surface area is 211 Å². The van der Waals surface area contributed by atoms with E-state index in [9.17, 15) is 24.3 Å². The third-order valence-corrected chi connectivity index (χ3v) is 5.29. The normalized spacial score (nSPS) is 15.2. The molecular formula is C25H35N2O9-. The van der Waals surface area contributed by atoms with Crippen molar-refractivity contribution in [1.29, 1.82) is 0 Å². The molecule has 200 valence electrons. The fraction of sp³-hybridized carbons (Fsp3) is 0.600. The molecule has 1 aliphatic rings. The Morgan fingerprint density at radius 1 is 1.08 bits per heavy atom. The molecule has 1 aliphatic heterocycles. The summed E-state index contributed by atoms with van der Waals surface area (Å²) >= 11 is 0. The van der Waals surface area contributed by atoms with Crippen LogP contribution in [-0.2, 0) is 23.8 Å². The van der Waals surface area contributed by atoms with Gasteiger partial charge in [-0.1, -0.05) is 0 Å². The highest BCUT2D eigenvalue weighted by atomic mass is 16.6. The molecule has 11 heteroatoms. The molecule has 2 amide bonds. The van der Waals surface area contributed by atoms with Crippen LogP contribution in [0.5, 0.6) is 5.75 Å². The second-order valence-electron chi connectivity index (χ2n) is 9.29. The highest BCUT2D eigenvalue weighted by Gasteiger charge is 2.26. The molecule has 0 radical (unpaired) electrons. The lowest BCUT2D eigenvalue weighted by atomic mass is 10.0. The summed E-state index contributed by atoms with van der Waals surface area (Å²) in [6, 6.07) is 5.24. The number of nitrogens with one attached hydrogen (secondary N) is 1. The van der Waals surface area contributed by atoms with Crippen molar-refractivity contribution in [2.45, 2.75) is 58.3 Å². The highest BCUT2D eigenvalue weighted by Crippen LogP contribution is 2.16. The summed E-state index contributed by atoms with van der Waals surface area (Å²) in [7, 11) is 0. The van der Waals surface area contributed by atoms with Crippen LogP contribution in [0.2, 0.25) is 0 Å². The monoisotopic (exact) mass is 507 g/mol. The van der Waals surface area contributed by atoms with Crippen molar-refractivity contribution >= 4 is 23.8 Å². The van der Waals surface area contributed by atoms with Gasteiger partial charge < -0.3 is 39.1 Å². The van der Waals surface area contributed by atoms with E-state index in [1.54, 1.807) is 31.2 Å². The number of ketones is 1. The first kappa shape index (κ1) is 29.1. The zero-order chi connectivity index (χ0) is 26.7. The average Bonchev–Trinajstić information content (AvgIpc) is 2.83. The summed E-state index contributed by atoms with van der Waals surface area (Å²) in [4.78, 5) is 49.3. The van der Waals surface area contributed by atoms with Crippen LogP contribution in [0.15, 0.2) is 24.3 Å². The first-order valence-corrected chi connectivity index (χ1v) is 11.9. The minimum absolute atomic E-state index is 0.0425. The maximum absolute atomic E-state index is 13.1.